The summed E-state index contributed by atoms with van der Waals surface area (Å²) in [7, 11) is 0. The van der Waals surface area contributed by atoms with Crippen LogP contribution < -0.4 is 10.6 Å². The highest BCUT2D eigenvalue weighted by molar-refractivity contribution is 5.80. The molecule has 0 aromatic rings. The van der Waals surface area contributed by atoms with Crippen molar-refractivity contribution in [1.29, 1.82) is 0 Å². The van der Waals surface area contributed by atoms with Gasteiger partial charge in [-0.05, 0) is 87.9 Å². The molecule has 5 heteroatoms. The van der Waals surface area contributed by atoms with Gasteiger partial charge in [-0.1, -0.05) is 13.8 Å². The molecule has 28 heavy (non-hydrogen) atoms. The van der Waals surface area contributed by atoms with Crippen LogP contribution >= 0.6 is 0 Å². The molecule has 4 aliphatic rings. The molecule has 0 spiro atoms. The van der Waals surface area contributed by atoms with E-state index < -0.39 is 6.10 Å². The van der Waals surface area contributed by atoms with Gasteiger partial charge < -0.3 is 15.7 Å². The number of hydrogen-bond donors (Lipinski definition) is 3. The summed E-state index contributed by atoms with van der Waals surface area (Å²) in [6, 6.07) is -0.110. The average molecular weight is 391 g/mol. The first-order valence-corrected chi connectivity index (χ1v) is 11.3. The van der Waals surface area contributed by atoms with Gasteiger partial charge >= 0.3 is 0 Å². The molecule has 8 atom stereocenters. The maximum atomic E-state index is 13.1. The Labute approximate surface area is 169 Å². The fourth-order valence-electron chi connectivity index (χ4n) is 7.64. The van der Waals surface area contributed by atoms with Crippen molar-refractivity contribution in [2.24, 2.45) is 34.5 Å². The van der Waals surface area contributed by atoms with E-state index in [-0.39, 0.29) is 40.1 Å². The zero-order valence-corrected chi connectivity index (χ0v) is 18.2. The molecule has 3 N–H and O–H groups in total. The number of amides is 2. The van der Waals surface area contributed by atoms with Crippen LogP contribution in [0.3, 0.4) is 0 Å². The van der Waals surface area contributed by atoms with Crippen molar-refractivity contribution in [2.75, 3.05) is 0 Å². The predicted molar refractivity (Wildman–Crippen MR) is 108 cm³/mol. The van der Waals surface area contributed by atoms with E-state index in [0.29, 0.717) is 24.2 Å². The van der Waals surface area contributed by atoms with Gasteiger partial charge in [-0.25, -0.2) is 0 Å². The second-order valence-corrected chi connectivity index (χ2v) is 11.6. The van der Waals surface area contributed by atoms with Gasteiger partial charge in [-0.3, -0.25) is 9.59 Å². The minimum atomic E-state index is -0.472. The molecular formula is C23H38N2O3. The minimum Gasteiger partial charge on any atom is -0.391 e. The number of rotatable bonds is 1. The van der Waals surface area contributed by atoms with Gasteiger partial charge in [-0.15, -0.1) is 0 Å². The fourth-order valence-corrected chi connectivity index (χ4v) is 7.64. The Bertz CT molecular complexity index is 671. The van der Waals surface area contributed by atoms with E-state index in [9.17, 15) is 14.7 Å². The Morgan fingerprint density at radius 1 is 1.11 bits per heavy atom. The number of aliphatic hydroxyl groups excluding tert-OH is 1. The molecule has 0 aromatic carbocycles. The topological polar surface area (TPSA) is 78.4 Å². The van der Waals surface area contributed by atoms with E-state index >= 15 is 0 Å². The smallest absolute Gasteiger partial charge is 0.224 e. The summed E-state index contributed by atoms with van der Waals surface area (Å²) >= 11 is 0. The molecule has 5 nitrogen and oxygen atoms in total. The summed E-state index contributed by atoms with van der Waals surface area (Å²) in [6.07, 6.45) is 5.96. The van der Waals surface area contributed by atoms with E-state index in [1.165, 1.54) is 0 Å². The molecule has 3 saturated carbocycles. The van der Waals surface area contributed by atoms with Gasteiger partial charge in [0.1, 0.15) is 0 Å². The molecule has 1 saturated heterocycles. The summed E-state index contributed by atoms with van der Waals surface area (Å²) in [6.45, 7) is 10.8. The van der Waals surface area contributed by atoms with Crippen molar-refractivity contribution in [3.05, 3.63) is 0 Å². The van der Waals surface area contributed by atoms with E-state index in [1.54, 1.807) is 0 Å². The minimum absolute atomic E-state index is 0.0245. The van der Waals surface area contributed by atoms with Crippen LogP contribution in [-0.2, 0) is 9.59 Å². The number of aliphatic hydroxyl groups is 1. The molecule has 3 aliphatic carbocycles. The maximum absolute atomic E-state index is 13.1. The highest BCUT2D eigenvalue weighted by Crippen LogP contribution is 2.65. The van der Waals surface area contributed by atoms with Crippen molar-refractivity contribution in [2.45, 2.75) is 97.2 Å². The summed E-state index contributed by atoms with van der Waals surface area (Å²) < 4.78 is 0. The molecule has 3 unspecified atom stereocenters. The van der Waals surface area contributed by atoms with Gasteiger partial charge in [0, 0.05) is 17.9 Å². The molecule has 1 heterocycles. The summed E-state index contributed by atoms with van der Waals surface area (Å²) in [4.78, 5) is 25.0. The Morgan fingerprint density at radius 2 is 1.79 bits per heavy atom. The van der Waals surface area contributed by atoms with E-state index in [4.69, 9.17) is 0 Å². The number of fused-ring (bicyclic) bond motifs is 5. The molecule has 4 rings (SSSR count). The lowest BCUT2D eigenvalue weighted by molar-refractivity contribution is -0.156. The third kappa shape index (κ3) is 3.00. The number of nitrogens with one attached hydrogen (secondary N) is 2. The van der Waals surface area contributed by atoms with Gasteiger partial charge in [-0.2, -0.15) is 0 Å². The lowest BCUT2D eigenvalue weighted by Crippen LogP contribution is -2.66. The van der Waals surface area contributed by atoms with Crippen molar-refractivity contribution < 1.29 is 14.7 Å². The summed E-state index contributed by atoms with van der Waals surface area (Å²) in [5, 5.41) is 17.3. The van der Waals surface area contributed by atoms with Gasteiger partial charge in [0.25, 0.3) is 0 Å². The van der Waals surface area contributed by atoms with Gasteiger partial charge in [0.2, 0.25) is 11.8 Å². The van der Waals surface area contributed by atoms with Crippen LogP contribution in [0, 0.1) is 34.5 Å². The van der Waals surface area contributed by atoms with Crippen molar-refractivity contribution in [3.63, 3.8) is 0 Å². The molecule has 158 valence electrons. The molecule has 0 aromatic heterocycles. The summed E-state index contributed by atoms with van der Waals surface area (Å²) in [5.41, 5.74) is -0.203. The van der Waals surface area contributed by atoms with Crippen LogP contribution in [0.1, 0.15) is 79.6 Å². The van der Waals surface area contributed by atoms with Crippen LogP contribution in [0.5, 0.6) is 0 Å². The molecule has 0 radical (unpaired) electrons. The van der Waals surface area contributed by atoms with Crippen LogP contribution in [0.15, 0.2) is 0 Å². The average Bonchev–Trinajstić information content (AvgIpc) is 2.93. The van der Waals surface area contributed by atoms with Crippen molar-refractivity contribution in [3.8, 4) is 0 Å². The van der Waals surface area contributed by atoms with Crippen LogP contribution in [0.25, 0.3) is 0 Å². The maximum Gasteiger partial charge on any atom is 0.224 e. The third-order valence-electron chi connectivity index (χ3n) is 8.91. The van der Waals surface area contributed by atoms with Crippen LogP contribution in [0.2, 0.25) is 0 Å². The zero-order chi connectivity index (χ0) is 20.5. The molecule has 4 fully saturated rings. The van der Waals surface area contributed by atoms with Crippen molar-refractivity contribution >= 4 is 11.8 Å². The monoisotopic (exact) mass is 390 g/mol. The second-order valence-electron chi connectivity index (χ2n) is 11.6. The number of hydrogen-bond acceptors (Lipinski definition) is 3. The normalized spacial score (nSPS) is 48.1. The SMILES string of the molecule is CC(C)(C)NC(=O)C1CC[C@H]2[C@@H]3CC(O)C4NC(=O)CC[C@]4(C)[C@@H]3CC[C@]12C. The van der Waals surface area contributed by atoms with E-state index in [0.717, 1.165) is 38.5 Å². The van der Waals surface area contributed by atoms with E-state index in [2.05, 4.69) is 24.5 Å². The Hall–Kier alpha value is -1.10. The lowest BCUT2D eigenvalue weighted by atomic mass is 9.46. The largest absolute Gasteiger partial charge is 0.391 e. The Morgan fingerprint density at radius 3 is 2.46 bits per heavy atom. The van der Waals surface area contributed by atoms with E-state index in [1.807, 2.05) is 20.8 Å². The zero-order valence-electron chi connectivity index (χ0n) is 18.2. The summed E-state index contributed by atoms with van der Waals surface area (Å²) in [5.74, 6) is 1.85. The quantitative estimate of drug-likeness (QED) is 0.644. The molecular weight excluding hydrogens is 352 g/mol. The lowest BCUT2D eigenvalue weighted by Gasteiger charge is -2.61. The molecule has 0 bridgehead atoms. The number of carbonyl (C=O) groups is 2. The Balaban J connectivity index is 1.59. The molecule has 2 amide bonds. The van der Waals surface area contributed by atoms with Crippen LogP contribution in [0.4, 0.5) is 0 Å². The van der Waals surface area contributed by atoms with Crippen molar-refractivity contribution in [1.82, 2.24) is 10.6 Å². The highest BCUT2D eigenvalue weighted by Gasteiger charge is 2.63. The third-order valence-corrected chi connectivity index (χ3v) is 8.91. The van der Waals surface area contributed by atoms with Gasteiger partial charge in [0.15, 0.2) is 0 Å². The second kappa shape index (κ2) is 6.45. The Kier molecular flexibility index (Phi) is 4.65. The van der Waals surface area contributed by atoms with Gasteiger partial charge in [0.05, 0.1) is 12.1 Å². The first-order chi connectivity index (χ1) is 13.0. The number of carbonyl (C=O) groups excluding carboxylic acids is 2. The highest BCUT2D eigenvalue weighted by atomic mass is 16.3. The number of piperidine rings is 1. The first kappa shape index (κ1) is 20.2. The first-order valence-electron chi connectivity index (χ1n) is 11.3. The van der Waals surface area contributed by atoms with Crippen LogP contribution in [-0.4, -0.2) is 34.6 Å². The standard InChI is InChI=1S/C23H38N2O3/c1-21(2,3)25-20(28)16-7-6-14-13-12-17(26)19-23(5,11-9-18(27)24-19)15(13)8-10-22(14,16)4/h13-17,19,26H,6-12H2,1-5H3,(H,24,27)(H,25,28)/t13-,14-,15+,16?,17?,19?,22-,23+/m0/s1. The molecule has 1 aliphatic heterocycles. The fraction of sp³-hybridized carbons (Fsp3) is 0.913. The predicted octanol–water partition coefficient (Wildman–Crippen LogP) is 3.01.